The van der Waals surface area contributed by atoms with Crippen molar-refractivity contribution in [3.8, 4) is 0 Å². The Morgan fingerprint density at radius 2 is 2.05 bits per heavy atom. The number of aliphatic hydroxyl groups is 1. The van der Waals surface area contributed by atoms with Gasteiger partial charge in [0.15, 0.2) is 0 Å². The molecule has 0 spiro atoms. The third kappa shape index (κ3) is 2.36. The van der Waals surface area contributed by atoms with Gasteiger partial charge in [0.1, 0.15) is 5.82 Å². The van der Waals surface area contributed by atoms with Gasteiger partial charge in [-0.1, -0.05) is 18.9 Å². The van der Waals surface area contributed by atoms with Crippen LogP contribution in [-0.4, -0.2) is 17.7 Å². The lowest BCUT2D eigenvalue weighted by atomic mass is 9.85. The second-order valence-corrected chi connectivity index (χ2v) is 5.98. The number of aliphatic hydroxyl groups excluding tert-OH is 1. The Balaban J connectivity index is 1.86. The van der Waals surface area contributed by atoms with Crippen molar-refractivity contribution < 1.29 is 9.50 Å². The Morgan fingerprint density at radius 1 is 1.26 bits per heavy atom. The van der Waals surface area contributed by atoms with Crippen LogP contribution in [0.4, 0.5) is 10.1 Å². The molecule has 1 N–H and O–H groups in total. The molecular weight excluding hydrogens is 241 g/mol. The van der Waals surface area contributed by atoms with Gasteiger partial charge in [0, 0.05) is 12.6 Å². The highest BCUT2D eigenvalue weighted by molar-refractivity contribution is 5.51. The first-order valence-electron chi connectivity index (χ1n) is 7.41. The molecule has 2 aliphatic rings. The van der Waals surface area contributed by atoms with E-state index in [4.69, 9.17) is 0 Å². The molecule has 2 fully saturated rings. The van der Waals surface area contributed by atoms with Gasteiger partial charge >= 0.3 is 0 Å². The Labute approximate surface area is 114 Å². The molecule has 1 heterocycles. The van der Waals surface area contributed by atoms with Gasteiger partial charge in [-0.25, -0.2) is 4.39 Å². The lowest BCUT2D eigenvalue weighted by Crippen LogP contribution is -2.35. The van der Waals surface area contributed by atoms with Gasteiger partial charge in [-0.05, 0) is 49.8 Å². The highest BCUT2D eigenvalue weighted by Crippen LogP contribution is 2.39. The van der Waals surface area contributed by atoms with Gasteiger partial charge < -0.3 is 10.0 Å². The topological polar surface area (TPSA) is 23.5 Å². The number of rotatable bonds is 2. The Hall–Kier alpha value is -1.09. The lowest BCUT2D eigenvalue weighted by molar-refractivity contribution is 0.199. The molecule has 3 heteroatoms. The van der Waals surface area contributed by atoms with Crippen LogP contribution < -0.4 is 4.90 Å². The molecule has 2 nitrogen and oxygen atoms in total. The van der Waals surface area contributed by atoms with E-state index in [-0.39, 0.29) is 5.82 Å². The number of halogens is 1. The van der Waals surface area contributed by atoms with E-state index in [0.717, 1.165) is 18.2 Å². The maximum Gasteiger partial charge on any atom is 0.146 e. The van der Waals surface area contributed by atoms with Crippen molar-refractivity contribution in [1.29, 1.82) is 0 Å². The van der Waals surface area contributed by atoms with Crippen molar-refractivity contribution in [2.75, 3.05) is 11.4 Å². The first-order valence-corrected chi connectivity index (χ1v) is 7.41. The maximum absolute atomic E-state index is 14.3. The van der Waals surface area contributed by atoms with Crippen molar-refractivity contribution in [3.63, 3.8) is 0 Å². The number of benzene rings is 1. The van der Waals surface area contributed by atoms with E-state index in [1.807, 2.05) is 12.1 Å². The largest absolute Gasteiger partial charge is 0.389 e. The van der Waals surface area contributed by atoms with Gasteiger partial charge in [0.05, 0.1) is 11.8 Å². The summed E-state index contributed by atoms with van der Waals surface area (Å²) in [6.45, 7) is 2.64. The molecule has 1 aromatic carbocycles. The fourth-order valence-corrected chi connectivity index (χ4v) is 3.72. The highest BCUT2D eigenvalue weighted by Gasteiger charge is 2.36. The maximum atomic E-state index is 14.3. The molecule has 3 atom stereocenters. The molecule has 1 aromatic rings. The zero-order valence-electron chi connectivity index (χ0n) is 11.5. The van der Waals surface area contributed by atoms with E-state index in [9.17, 15) is 9.50 Å². The fourth-order valence-electron chi connectivity index (χ4n) is 3.72. The highest BCUT2D eigenvalue weighted by atomic mass is 19.1. The Bertz CT molecular complexity index is 460. The minimum absolute atomic E-state index is 0.190. The number of hydrogen-bond donors (Lipinski definition) is 1. The zero-order chi connectivity index (χ0) is 13.4. The summed E-state index contributed by atoms with van der Waals surface area (Å²) < 4.78 is 14.3. The van der Waals surface area contributed by atoms with Crippen LogP contribution in [0.5, 0.6) is 0 Å². The second kappa shape index (κ2) is 5.12. The molecule has 3 rings (SSSR count). The van der Waals surface area contributed by atoms with Gasteiger partial charge in [-0.15, -0.1) is 0 Å². The van der Waals surface area contributed by atoms with Crippen LogP contribution in [0.15, 0.2) is 18.2 Å². The van der Waals surface area contributed by atoms with Crippen molar-refractivity contribution in [3.05, 3.63) is 29.6 Å². The minimum atomic E-state index is -0.607. The first-order chi connectivity index (χ1) is 9.16. The molecule has 1 saturated carbocycles. The van der Waals surface area contributed by atoms with Crippen LogP contribution in [0.2, 0.25) is 0 Å². The average molecular weight is 263 g/mol. The summed E-state index contributed by atoms with van der Waals surface area (Å²) in [4.78, 5) is 2.25. The summed E-state index contributed by atoms with van der Waals surface area (Å²) in [6, 6.07) is 5.70. The Morgan fingerprint density at radius 3 is 2.79 bits per heavy atom. The van der Waals surface area contributed by atoms with Crippen molar-refractivity contribution in [2.45, 2.75) is 51.2 Å². The summed E-state index contributed by atoms with van der Waals surface area (Å²) in [6.07, 6.45) is 5.69. The predicted octanol–water partition coefficient (Wildman–Crippen LogP) is 3.65. The molecule has 104 valence electrons. The van der Waals surface area contributed by atoms with E-state index in [1.54, 1.807) is 6.92 Å². The number of nitrogens with zero attached hydrogens (tertiary/aromatic N) is 1. The quantitative estimate of drug-likeness (QED) is 0.880. The monoisotopic (exact) mass is 263 g/mol. The summed E-state index contributed by atoms with van der Waals surface area (Å²) in [5, 5.41) is 9.51. The van der Waals surface area contributed by atoms with E-state index in [2.05, 4.69) is 4.90 Å². The summed E-state index contributed by atoms with van der Waals surface area (Å²) in [7, 11) is 0. The van der Waals surface area contributed by atoms with E-state index < -0.39 is 6.10 Å². The van der Waals surface area contributed by atoms with Crippen LogP contribution in [-0.2, 0) is 0 Å². The third-order valence-electron chi connectivity index (χ3n) is 4.77. The molecule has 19 heavy (non-hydrogen) atoms. The number of anilines is 1. The van der Waals surface area contributed by atoms with Gasteiger partial charge in [-0.3, -0.25) is 0 Å². The first kappa shape index (κ1) is 12.9. The number of fused-ring (bicyclic) bond motifs is 1. The van der Waals surface area contributed by atoms with Crippen molar-refractivity contribution in [1.82, 2.24) is 0 Å². The molecule has 0 aromatic heterocycles. The van der Waals surface area contributed by atoms with E-state index in [1.165, 1.54) is 38.2 Å². The molecular formula is C16H22FNO. The van der Waals surface area contributed by atoms with Crippen LogP contribution in [0, 0.1) is 11.7 Å². The fraction of sp³-hybridized carbons (Fsp3) is 0.625. The minimum Gasteiger partial charge on any atom is -0.389 e. The second-order valence-electron chi connectivity index (χ2n) is 5.98. The molecule has 1 saturated heterocycles. The van der Waals surface area contributed by atoms with E-state index >= 15 is 0 Å². The van der Waals surface area contributed by atoms with Crippen molar-refractivity contribution >= 4 is 5.69 Å². The van der Waals surface area contributed by atoms with Crippen LogP contribution in [0.1, 0.15) is 50.7 Å². The SMILES string of the molecule is C[C@@H](O)c1ccc(N2CCC3CCCCC32)c(F)c1. The van der Waals surface area contributed by atoms with Gasteiger partial charge in [-0.2, -0.15) is 0 Å². The summed E-state index contributed by atoms with van der Waals surface area (Å²) in [5.41, 5.74) is 1.37. The lowest BCUT2D eigenvalue weighted by Gasteiger charge is -2.33. The molecule has 1 aliphatic heterocycles. The summed E-state index contributed by atoms with van der Waals surface area (Å²) in [5.74, 6) is 0.564. The van der Waals surface area contributed by atoms with Crippen molar-refractivity contribution in [2.24, 2.45) is 5.92 Å². The average Bonchev–Trinajstić information content (AvgIpc) is 2.82. The smallest absolute Gasteiger partial charge is 0.146 e. The molecule has 0 amide bonds. The van der Waals surface area contributed by atoms with Gasteiger partial charge in [0.25, 0.3) is 0 Å². The summed E-state index contributed by atoms with van der Waals surface area (Å²) >= 11 is 0. The van der Waals surface area contributed by atoms with Crippen LogP contribution in [0.3, 0.4) is 0 Å². The molecule has 0 bridgehead atoms. The molecule has 0 radical (unpaired) electrons. The standard InChI is InChI=1S/C16H22FNO/c1-11(19)13-6-7-16(14(17)10-13)18-9-8-12-4-2-3-5-15(12)18/h6-7,10-12,15,19H,2-5,8-9H2,1H3/t11-,12?,15?/m1/s1. The van der Waals surface area contributed by atoms with Crippen LogP contribution in [0.25, 0.3) is 0 Å². The predicted molar refractivity (Wildman–Crippen MR) is 74.7 cm³/mol. The number of hydrogen-bond acceptors (Lipinski definition) is 2. The molecule has 2 unspecified atom stereocenters. The van der Waals surface area contributed by atoms with Gasteiger partial charge in [0.2, 0.25) is 0 Å². The third-order valence-corrected chi connectivity index (χ3v) is 4.77. The van der Waals surface area contributed by atoms with E-state index in [0.29, 0.717) is 11.6 Å². The Kier molecular flexibility index (Phi) is 3.48. The van der Waals surface area contributed by atoms with Crippen LogP contribution >= 0.6 is 0 Å². The molecule has 1 aliphatic carbocycles. The normalized spacial score (nSPS) is 28.3. The zero-order valence-corrected chi connectivity index (χ0v) is 11.5.